The minimum atomic E-state index is -0.302. The number of nitrogens with two attached hydrogens (primary N) is 1. The SMILES string of the molecule is Nc1cccnc1C(=O)NCc1ccc(CO)cc1. The average molecular weight is 257 g/mol. The number of nitrogen functional groups attached to an aromatic ring is 1. The molecule has 1 heterocycles. The zero-order valence-corrected chi connectivity index (χ0v) is 10.3. The van der Waals surface area contributed by atoms with Crippen LogP contribution in [0.25, 0.3) is 0 Å². The lowest BCUT2D eigenvalue weighted by Crippen LogP contribution is -2.24. The number of nitrogens with one attached hydrogen (secondary N) is 1. The second-order valence-corrected chi connectivity index (χ2v) is 4.10. The maximum absolute atomic E-state index is 11.9. The van der Waals surface area contributed by atoms with Gasteiger partial charge in [-0.25, -0.2) is 4.98 Å². The number of nitrogens with zero attached hydrogens (tertiary/aromatic N) is 1. The van der Waals surface area contributed by atoms with Crippen LogP contribution in [-0.2, 0) is 13.2 Å². The van der Waals surface area contributed by atoms with Crippen LogP contribution < -0.4 is 11.1 Å². The van der Waals surface area contributed by atoms with Gasteiger partial charge < -0.3 is 16.2 Å². The Kier molecular flexibility index (Phi) is 4.10. The summed E-state index contributed by atoms with van der Waals surface area (Å²) in [6, 6.07) is 10.7. The molecule has 0 fully saturated rings. The first-order valence-corrected chi connectivity index (χ1v) is 5.88. The molecule has 0 atom stereocenters. The number of pyridine rings is 1. The van der Waals surface area contributed by atoms with Crippen molar-refractivity contribution in [1.29, 1.82) is 0 Å². The Balaban J connectivity index is 1.98. The third kappa shape index (κ3) is 3.29. The number of aliphatic hydroxyl groups excluding tert-OH is 1. The molecule has 1 amide bonds. The molecule has 4 N–H and O–H groups in total. The molecule has 0 aliphatic heterocycles. The number of aliphatic hydroxyl groups is 1. The van der Waals surface area contributed by atoms with E-state index in [1.807, 2.05) is 24.3 Å². The van der Waals surface area contributed by atoms with Crippen LogP contribution in [0.2, 0.25) is 0 Å². The van der Waals surface area contributed by atoms with E-state index >= 15 is 0 Å². The van der Waals surface area contributed by atoms with E-state index in [9.17, 15) is 4.79 Å². The largest absolute Gasteiger partial charge is 0.397 e. The lowest BCUT2D eigenvalue weighted by Gasteiger charge is -2.07. The molecule has 0 aliphatic carbocycles. The van der Waals surface area contributed by atoms with Gasteiger partial charge in [-0.15, -0.1) is 0 Å². The molecule has 0 bridgehead atoms. The van der Waals surface area contributed by atoms with E-state index in [4.69, 9.17) is 10.8 Å². The molecule has 19 heavy (non-hydrogen) atoms. The van der Waals surface area contributed by atoms with Crippen LogP contribution in [0.1, 0.15) is 21.6 Å². The molecule has 1 aromatic carbocycles. The highest BCUT2D eigenvalue weighted by Gasteiger charge is 2.09. The second-order valence-electron chi connectivity index (χ2n) is 4.10. The fraction of sp³-hybridized carbons (Fsp3) is 0.143. The van der Waals surface area contributed by atoms with E-state index in [-0.39, 0.29) is 18.2 Å². The number of benzene rings is 1. The van der Waals surface area contributed by atoms with Crippen molar-refractivity contribution < 1.29 is 9.90 Å². The first kappa shape index (κ1) is 13.0. The van der Waals surface area contributed by atoms with Gasteiger partial charge in [0.2, 0.25) is 0 Å². The molecule has 0 aliphatic rings. The third-order valence-electron chi connectivity index (χ3n) is 2.71. The van der Waals surface area contributed by atoms with Gasteiger partial charge in [0.1, 0.15) is 0 Å². The molecule has 2 rings (SSSR count). The summed E-state index contributed by atoms with van der Waals surface area (Å²) in [5.74, 6) is -0.302. The maximum Gasteiger partial charge on any atom is 0.272 e. The number of carbonyl (C=O) groups is 1. The van der Waals surface area contributed by atoms with Gasteiger partial charge in [0, 0.05) is 12.7 Å². The number of hydrogen-bond donors (Lipinski definition) is 3. The lowest BCUT2D eigenvalue weighted by atomic mass is 10.1. The van der Waals surface area contributed by atoms with Crippen molar-refractivity contribution in [1.82, 2.24) is 10.3 Å². The summed E-state index contributed by atoms with van der Waals surface area (Å²) in [6.45, 7) is 0.400. The maximum atomic E-state index is 11.9. The minimum absolute atomic E-state index is 0.0110. The summed E-state index contributed by atoms with van der Waals surface area (Å²) in [4.78, 5) is 15.8. The predicted octanol–water partition coefficient (Wildman–Crippen LogP) is 1.09. The average Bonchev–Trinajstić information content (AvgIpc) is 2.46. The smallest absolute Gasteiger partial charge is 0.272 e. The van der Waals surface area contributed by atoms with Crippen molar-refractivity contribution in [2.24, 2.45) is 0 Å². The molecule has 2 aromatic rings. The van der Waals surface area contributed by atoms with E-state index in [1.165, 1.54) is 6.20 Å². The van der Waals surface area contributed by atoms with Crippen LogP contribution in [0.3, 0.4) is 0 Å². The van der Waals surface area contributed by atoms with E-state index in [1.54, 1.807) is 12.1 Å². The highest BCUT2D eigenvalue weighted by Crippen LogP contribution is 2.08. The van der Waals surface area contributed by atoms with Crippen molar-refractivity contribution in [2.45, 2.75) is 13.2 Å². The number of anilines is 1. The van der Waals surface area contributed by atoms with Gasteiger partial charge in [-0.1, -0.05) is 24.3 Å². The van der Waals surface area contributed by atoms with Crippen molar-refractivity contribution >= 4 is 11.6 Å². The molecule has 0 unspecified atom stereocenters. The molecule has 1 aromatic heterocycles. The number of carbonyl (C=O) groups excluding carboxylic acids is 1. The summed E-state index contributed by atoms with van der Waals surface area (Å²) in [6.07, 6.45) is 1.53. The summed E-state index contributed by atoms with van der Waals surface area (Å²) in [7, 11) is 0. The third-order valence-corrected chi connectivity index (χ3v) is 2.71. The summed E-state index contributed by atoms with van der Waals surface area (Å²) < 4.78 is 0. The second kappa shape index (κ2) is 5.97. The summed E-state index contributed by atoms with van der Waals surface area (Å²) >= 11 is 0. The molecular weight excluding hydrogens is 242 g/mol. The van der Waals surface area contributed by atoms with Gasteiger partial charge in [0.15, 0.2) is 5.69 Å². The monoisotopic (exact) mass is 257 g/mol. The highest BCUT2D eigenvalue weighted by molar-refractivity contribution is 5.96. The van der Waals surface area contributed by atoms with Crippen LogP contribution >= 0.6 is 0 Å². The molecule has 5 heteroatoms. The fourth-order valence-corrected chi connectivity index (χ4v) is 1.64. The zero-order chi connectivity index (χ0) is 13.7. The first-order chi connectivity index (χ1) is 9.20. The Morgan fingerprint density at radius 1 is 1.21 bits per heavy atom. The topological polar surface area (TPSA) is 88.2 Å². The van der Waals surface area contributed by atoms with Crippen LogP contribution in [0.15, 0.2) is 42.6 Å². The van der Waals surface area contributed by atoms with Crippen LogP contribution in [0.5, 0.6) is 0 Å². The van der Waals surface area contributed by atoms with Crippen LogP contribution in [0.4, 0.5) is 5.69 Å². The molecule has 0 saturated heterocycles. The Morgan fingerprint density at radius 2 is 1.89 bits per heavy atom. The standard InChI is InChI=1S/C14H15N3O2/c15-12-2-1-7-16-13(12)14(19)17-8-10-3-5-11(9-18)6-4-10/h1-7,18H,8-9,15H2,(H,17,19). The normalized spacial score (nSPS) is 10.2. The van der Waals surface area contributed by atoms with Gasteiger partial charge in [-0.05, 0) is 23.3 Å². The Morgan fingerprint density at radius 3 is 2.53 bits per heavy atom. The van der Waals surface area contributed by atoms with Gasteiger partial charge in [-0.3, -0.25) is 4.79 Å². The Bertz CT molecular complexity index is 567. The molecule has 98 valence electrons. The van der Waals surface area contributed by atoms with E-state index in [0.29, 0.717) is 12.2 Å². The van der Waals surface area contributed by atoms with Gasteiger partial charge in [-0.2, -0.15) is 0 Å². The number of amides is 1. The van der Waals surface area contributed by atoms with Crippen molar-refractivity contribution in [3.8, 4) is 0 Å². The fourth-order valence-electron chi connectivity index (χ4n) is 1.64. The lowest BCUT2D eigenvalue weighted by molar-refractivity contribution is 0.0947. The first-order valence-electron chi connectivity index (χ1n) is 5.88. The van der Waals surface area contributed by atoms with Crippen LogP contribution in [0, 0.1) is 0 Å². The Hall–Kier alpha value is -2.40. The van der Waals surface area contributed by atoms with Gasteiger partial charge in [0.25, 0.3) is 5.91 Å². The highest BCUT2D eigenvalue weighted by atomic mass is 16.3. The van der Waals surface area contributed by atoms with Crippen molar-refractivity contribution in [3.05, 3.63) is 59.4 Å². The number of rotatable bonds is 4. The van der Waals surface area contributed by atoms with E-state index in [2.05, 4.69) is 10.3 Å². The Labute approximate surface area is 111 Å². The summed E-state index contributed by atoms with van der Waals surface area (Å²) in [5.41, 5.74) is 8.05. The molecule has 5 nitrogen and oxygen atoms in total. The molecule has 0 radical (unpaired) electrons. The minimum Gasteiger partial charge on any atom is -0.397 e. The van der Waals surface area contributed by atoms with E-state index < -0.39 is 0 Å². The molecular formula is C14H15N3O2. The van der Waals surface area contributed by atoms with Gasteiger partial charge >= 0.3 is 0 Å². The van der Waals surface area contributed by atoms with Crippen LogP contribution in [-0.4, -0.2) is 16.0 Å². The molecule has 0 spiro atoms. The zero-order valence-electron chi connectivity index (χ0n) is 10.3. The van der Waals surface area contributed by atoms with E-state index in [0.717, 1.165) is 11.1 Å². The quantitative estimate of drug-likeness (QED) is 0.765. The number of hydrogen-bond acceptors (Lipinski definition) is 4. The van der Waals surface area contributed by atoms with Gasteiger partial charge in [0.05, 0.1) is 12.3 Å². The molecule has 0 saturated carbocycles. The number of aromatic nitrogens is 1. The van der Waals surface area contributed by atoms with Crippen molar-refractivity contribution in [2.75, 3.05) is 5.73 Å². The van der Waals surface area contributed by atoms with Crippen molar-refractivity contribution in [3.63, 3.8) is 0 Å². The summed E-state index contributed by atoms with van der Waals surface area (Å²) in [5, 5.41) is 11.7. The predicted molar refractivity (Wildman–Crippen MR) is 72.2 cm³/mol.